The monoisotopic (exact) mass is 1800 g/mol. The molecule has 9 nitrogen and oxygen atoms in total. The molecule has 0 spiro atoms. The Morgan fingerprint density at radius 3 is 0.652 bits per heavy atom. The van der Waals surface area contributed by atoms with Crippen LogP contribution >= 0.6 is 0 Å². The summed E-state index contributed by atoms with van der Waals surface area (Å²) in [7, 11) is 0. The maximum absolute atomic E-state index is 6.38. The minimum absolute atomic E-state index is 0.916. The molecular weight excluding hydrogens is 1710 g/mol. The minimum atomic E-state index is 0.916. The molecular formula is C132H84N8O. The molecule has 9 heterocycles. The molecule has 0 aliphatic heterocycles. The summed E-state index contributed by atoms with van der Waals surface area (Å²) >= 11 is 0. The molecule has 0 fully saturated rings. The molecule has 22 aromatic carbocycles. The molecule has 0 bridgehead atoms. The lowest BCUT2D eigenvalue weighted by Gasteiger charge is -2.14. The first kappa shape index (κ1) is 79.4. The van der Waals surface area contributed by atoms with Gasteiger partial charge in [0.25, 0.3) is 0 Å². The average molecular weight is 1800 g/mol. The molecule has 31 rings (SSSR count). The number of furan rings is 1. The van der Waals surface area contributed by atoms with Crippen molar-refractivity contribution < 1.29 is 4.42 Å². The first-order chi connectivity index (χ1) is 70.0. The van der Waals surface area contributed by atoms with Gasteiger partial charge in [-0.2, -0.15) is 0 Å². The number of para-hydroxylation sites is 15. The third-order valence-electron chi connectivity index (χ3n) is 29.4. The molecule has 141 heavy (non-hydrogen) atoms. The van der Waals surface area contributed by atoms with Crippen LogP contribution in [0.1, 0.15) is 0 Å². The predicted molar refractivity (Wildman–Crippen MR) is 592 cm³/mol. The van der Waals surface area contributed by atoms with Gasteiger partial charge < -0.3 is 41.0 Å². The summed E-state index contributed by atoms with van der Waals surface area (Å²) in [4.78, 5) is 0. The first-order valence-corrected chi connectivity index (χ1v) is 48.4. The fourth-order valence-electron chi connectivity index (χ4n) is 23.4. The maximum Gasteiger partial charge on any atom is 0.143 e. The van der Waals surface area contributed by atoms with Crippen LogP contribution in [0, 0.1) is 0 Å². The molecule has 9 aromatic heterocycles. The Balaban J connectivity index is 0.000000102. The van der Waals surface area contributed by atoms with E-state index in [4.69, 9.17) is 4.42 Å². The zero-order valence-electron chi connectivity index (χ0n) is 76.5. The zero-order chi connectivity index (χ0) is 92.4. The van der Waals surface area contributed by atoms with Crippen molar-refractivity contribution >= 4 is 196 Å². The van der Waals surface area contributed by atoms with Gasteiger partial charge in [-0.1, -0.05) is 340 Å². The van der Waals surface area contributed by atoms with E-state index in [0.717, 1.165) is 72.9 Å². The van der Waals surface area contributed by atoms with Crippen LogP contribution in [0.15, 0.2) is 514 Å². The van der Waals surface area contributed by atoms with Crippen LogP contribution in [-0.4, -0.2) is 36.5 Å². The van der Waals surface area contributed by atoms with Crippen molar-refractivity contribution in [3.05, 3.63) is 510 Å². The van der Waals surface area contributed by atoms with E-state index >= 15 is 0 Å². The standard InChI is InChI=1S/C48H31N3.C42H27N3.C42H26N2O/c1-3-13-34(14-4-1)49-43-20-10-9-19-39(43)42-31-33(25-30-46(42)49)32-23-26-36(27-24-32)51-45-22-12-8-18-38(45)41-29-28-40-37-17-7-11-21-44(37)50(47(40)48(41)51)35-15-5-2-6-16-35;1-2-12-28(13-3-1)44-39-20-10-6-16-33(39)35-26-27-36-34-17-7-11-21-40(34)45(42(36)41(35)44)30-24-22-29(23-25-30)43-37-18-8-4-14-31(37)32-15-5-9-19-38(32)43;1-2-11-28(12-3-1)43-37-18-7-4-13-31(37)34-25-26-35-32-14-5-8-19-38(32)44(41(35)40(34)43)29-23-21-27(22-24-29)30-16-10-17-36-33-15-6-9-20-39(33)45-42(30)36/h1-31H;1-27H;1-26H. The third kappa shape index (κ3) is 12.2. The molecule has 0 unspecified atom stereocenters. The van der Waals surface area contributed by atoms with Gasteiger partial charge in [-0.25, -0.2) is 0 Å². The first-order valence-electron chi connectivity index (χ1n) is 48.4. The highest BCUT2D eigenvalue weighted by Crippen LogP contribution is 2.49. The van der Waals surface area contributed by atoms with Gasteiger partial charge in [0, 0.05) is 148 Å². The number of hydrogen-bond donors (Lipinski definition) is 0. The fraction of sp³-hybridized carbons (Fsp3) is 0. The van der Waals surface area contributed by atoms with E-state index in [1.54, 1.807) is 0 Å². The van der Waals surface area contributed by atoms with Gasteiger partial charge in [0.2, 0.25) is 0 Å². The zero-order valence-corrected chi connectivity index (χ0v) is 76.5. The fourth-order valence-corrected chi connectivity index (χ4v) is 23.4. The largest absolute Gasteiger partial charge is 0.455 e. The second kappa shape index (κ2) is 31.8. The van der Waals surface area contributed by atoms with E-state index < -0.39 is 0 Å². The van der Waals surface area contributed by atoms with Gasteiger partial charge in [0.05, 0.1) is 88.3 Å². The van der Waals surface area contributed by atoms with Gasteiger partial charge in [-0.3, -0.25) is 0 Å². The van der Waals surface area contributed by atoms with Crippen LogP contribution < -0.4 is 0 Å². The molecule has 0 radical (unpaired) electrons. The molecule has 0 aliphatic carbocycles. The Bertz CT molecular complexity index is 10400. The Morgan fingerprint density at radius 2 is 0.333 bits per heavy atom. The summed E-state index contributed by atoms with van der Waals surface area (Å²) in [6.45, 7) is 0. The van der Waals surface area contributed by atoms with Crippen LogP contribution in [0.25, 0.3) is 264 Å². The van der Waals surface area contributed by atoms with Crippen molar-refractivity contribution in [2.75, 3.05) is 0 Å². The summed E-state index contributed by atoms with van der Waals surface area (Å²) in [5.74, 6) is 0. The van der Waals surface area contributed by atoms with Gasteiger partial charge in [-0.15, -0.1) is 0 Å². The van der Waals surface area contributed by atoms with E-state index in [1.807, 2.05) is 12.1 Å². The van der Waals surface area contributed by atoms with Gasteiger partial charge >= 0.3 is 0 Å². The SMILES string of the molecule is c1ccc(-n2c3ccccc3c3cc(-c4ccc(-n5c6ccccc6c6ccc7c8ccccc8n(-c8ccccc8)c7c65)cc4)ccc32)cc1.c1ccc(-n2c3ccccc3c3ccc4c5ccccc5n(-c5ccc(-c6cccc7c6oc6ccccc67)cc5)c4c32)cc1.c1ccc(-n2c3ccccc3c3ccc4c5ccccc5n(-c5ccc(-n6c7ccccc7c7ccccc76)cc5)c4c32)cc1. The Kier molecular flexibility index (Phi) is 17.9. The second-order valence-electron chi connectivity index (χ2n) is 36.9. The molecule has 0 aliphatic rings. The van der Waals surface area contributed by atoms with Crippen molar-refractivity contribution in [2.45, 2.75) is 0 Å². The number of benzene rings is 22. The van der Waals surface area contributed by atoms with Crippen LogP contribution in [0.5, 0.6) is 0 Å². The minimum Gasteiger partial charge on any atom is -0.455 e. The average Bonchev–Trinajstić information content (AvgIpc) is 1.55. The Hall–Kier alpha value is -19.0. The molecule has 9 heteroatoms. The Morgan fingerprint density at radius 1 is 0.121 bits per heavy atom. The van der Waals surface area contributed by atoms with E-state index in [1.165, 1.54) is 191 Å². The number of aromatic nitrogens is 8. The number of fused-ring (bicyclic) bond motifs is 30. The topological polar surface area (TPSA) is 52.6 Å². The highest BCUT2D eigenvalue weighted by Gasteiger charge is 2.28. The van der Waals surface area contributed by atoms with Crippen LogP contribution in [0.4, 0.5) is 0 Å². The van der Waals surface area contributed by atoms with Crippen molar-refractivity contribution in [1.29, 1.82) is 0 Å². The third-order valence-corrected chi connectivity index (χ3v) is 29.4. The molecule has 0 atom stereocenters. The number of nitrogens with zero attached hydrogens (tertiary/aromatic N) is 8. The van der Waals surface area contributed by atoms with Gasteiger partial charge in [0.1, 0.15) is 11.2 Å². The molecule has 0 N–H and O–H groups in total. The summed E-state index contributed by atoms with van der Waals surface area (Å²) in [6.07, 6.45) is 0. The highest BCUT2D eigenvalue weighted by molar-refractivity contribution is 6.28. The van der Waals surface area contributed by atoms with Crippen molar-refractivity contribution in [3.63, 3.8) is 0 Å². The highest BCUT2D eigenvalue weighted by atomic mass is 16.3. The quantitative estimate of drug-likeness (QED) is 0.135. The smallest absolute Gasteiger partial charge is 0.143 e. The van der Waals surface area contributed by atoms with Gasteiger partial charge in [-0.05, 0) is 187 Å². The lowest BCUT2D eigenvalue weighted by Crippen LogP contribution is -1.99. The summed E-state index contributed by atoms with van der Waals surface area (Å²) in [5.41, 5.74) is 35.1. The van der Waals surface area contributed by atoms with E-state index in [9.17, 15) is 0 Å². The Labute approximate surface area is 809 Å². The molecule has 31 aromatic rings. The van der Waals surface area contributed by atoms with E-state index in [-0.39, 0.29) is 0 Å². The number of hydrogen-bond acceptors (Lipinski definition) is 1. The molecule has 0 saturated carbocycles. The summed E-state index contributed by atoms with van der Waals surface area (Å²) in [5, 5.41) is 22.4. The van der Waals surface area contributed by atoms with E-state index in [2.05, 4.69) is 534 Å². The summed E-state index contributed by atoms with van der Waals surface area (Å²) in [6, 6.07) is 184. The van der Waals surface area contributed by atoms with Crippen molar-refractivity contribution in [3.8, 4) is 67.8 Å². The maximum atomic E-state index is 6.38. The van der Waals surface area contributed by atoms with Crippen molar-refractivity contribution in [2.24, 2.45) is 0 Å². The normalized spacial score (nSPS) is 12.0. The van der Waals surface area contributed by atoms with E-state index in [0.29, 0.717) is 0 Å². The van der Waals surface area contributed by atoms with Crippen LogP contribution in [0.3, 0.4) is 0 Å². The number of rotatable bonds is 10. The predicted octanol–water partition coefficient (Wildman–Crippen LogP) is 35.1. The summed E-state index contributed by atoms with van der Waals surface area (Å²) < 4.78 is 25.8. The van der Waals surface area contributed by atoms with Gasteiger partial charge in [0.15, 0.2) is 0 Å². The lowest BCUT2D eigenvalue weighted by molar-refractivity contribution is 0.670. The molecule has 0 saturated heterocycles. The molecule has 0 amide bonds. The lowest BCUT2D eigenvalue weighted by atomic mass is 10.0. The second-order valence-corrected chi connectivity index (χ2v) is 36.9. The molecule has 658 valence electrons. The van der Waals surface area contributed by atoms with Crippen LogP contribution in [0.2, 0.25) is 0 Å². The van der Waals surface area contributed by atoms with Crippen molar-refractivity contribution in [1.82, 2.24) is 36.5 Å². The van der Waals surface area contributed by atoms with Crippen LogP contribution in [-0.2, 0) is 0 Å².